The minimum Gasteiger partial charge on any atom is -0.475 e. The number of carbonyl (C=O) groups excluding carboxylic acids is 2. The Kier molecular flexibility index (Phi) is 11.5. The Morgan fingerprint density at radius 1 is 1.08 bits per heavy atom. The molecule has 2 amide bonds. The van der Waals surface area contributed by atoms with Crippen molar-refractivity contribution in [1.82, 2.24) is 19.4 Å². The molecule has 0 aliphatic carbocycles. The maximum atomic E-state index is 13.4. The van der Waals surface area contributed by atoms with Crippen LogP contribution in [0.15, 0.2) is 23.1 Å². The van der Waals surface area contributed by atoms with Crippen LogP contribution in [0.2, 0.25) is 0 Å². The summed E-state index contributed by atoms with van der Waals surface area (Å²) in [6.07, 6.45) is -2.93. The molecule has 2 heterocycles. The standard InChI is InChI=1S/C22H34N4O4S.C2HF3O2/c1-18-6-7-20(17-19(18)2)31(29,30)26(13-4-12-24-11-3-5-21(24)27)14-8-22(28)25-15-9-23-10-16-25;3-2(4,5)1(6)7/h6-7,17,23H,3-5,8-16H2,1-2H3;(H,6,7). The van der Waals surface area contributed by atoms with Crippen molar-refractivity contribution in [2.45, 2.75) is 50.6 Å². The average molecular weight is 565 g/mol. The molecule has 38 heavy (non-hydrogen) atoms. The fourth-order valence-corrected chi connectivity index (χ4v) is 5.61. The lowest BCUT2D eigenvalue weighted by molar-refractivity contribution is -0.192. The maximum Gasteiger partial charge on any atom is 0.490 e. The van der Waals surface area contributed by atoms with Gasteiger partial charge in [0.2, 0.25) is 21.8 Å². The Balaban J connectivity index is 0.000000638. The highest BCUT2D eigenvalue weighted by molar-refractivity contribution is 7.89. The molecule has 0 saturated carbocycles. The number of benzene rings is 1. The van der Waals surface area contributed by atoms with Gasteiger partial charge >= 0.3 is 12.1 Å². The Labute approximate surface area is 220 Å². The summed E-state index contributed by atoms with van der Waals surface area (Å²) < 4.78 is 59.9. The van der Waals surface area contributed by atoms with E-state index in [4.69, 9.17) is 9.90 Å². The molecule has 214 valence electrons. The Hall–Kier alpha value is -2.71. The first kappa shape index (κ1) is 31.5. The van der Waals surface area contributed by atoms with Crippen molar-refractivity contribution in [3.63, 3.8) is 0 Å². The number of halogens is 3. The summed E-state index contributed by atoms with van der Waals surface area (Å²) >= 11 is 0. The van der Waals surface area contributed by atoms with Crippen LogP contribution < -0.4 is 5.32 Å². The van der Waals surface area contributed by atoms with Crippen LogP contribution in [0.25, 0.3) is 0 Å². The number of piperazine rings is 1. The van der Waals surface area contributed by atoms with Crippen molar-refractivity contribution in [2.24, 2.45) is 0 Å². The molecule has 0 aromatic heterocycles. The van der Waals surface area contributed by atoms with E-state index in [0.29, 0.717) is 32.5 Å². The van der Waals surface area contributed by atoms with Crippen molar-refractivity contribution in [3.05, 3.63) is 29.3 Å². The lowest BCUT2D eigenvalue weighted by Crippen LogP contribution is -2.47. The fourth-order valence-electron chi connectivity index (χ4n) is 4.05. The van der Waals surface area contributed by atoms with Crippen molar-refractivity contribution in [3.8, 4) is 0 Å². The summed E-state index contributed by atoms with van der Waals surface area (Å²) in [4.78, 5) is 37.2. The SMILES string of the molecule is Cc1ccc(S(=O)(=O)N(CCCN2CCCC2=O)CCC(=O)N2CCNCC2)cc1C.O=C(O)C(F)(F)F. The zero-order chi connectivity index (χ0) is 28.5. The van der Waals surface area contributed by atoms with Gasteiger partial charge in [0.05, 0.1) is 4.90 Å². The molecule has 10 nitrogen and oxygen atoms in total. The van der Waals surface area contributed by atoms with Gasteiger partial charge in [-0.3, -0.25) is 9.59 Å². The molecule has 2 aliphatic heterocycles. The minimum atomic E-state index is -5.08. The number of likely N-dealkylation sites (tertiary alicyclic amines) is 1. The molecular formula is C24H35F3N4O6S. The summed E-state index contributed by atoms with van der Waals surface area (Å²) in [5.41, 5.74) is 1.95. The van der Waals surface area contributed by atoms with Crippen molar-refractivity contribution in [1.29, 1.82) is 0 Å². The lowest BCUT2D eigenvalue weighted by atomic mass is 10.1. The predicted molar refractivity (Wildman–Crippen MR) is 133 cm³/mol. The van der Waals surface area contributed by atoms with Gasteiger partial charge in [-0.25, -0.2) is 13.2 Å². The average Bonchev–Trinajstić information content (AvgIpc) is 3.27. The van der Waals surface area contributed by atoms with Gasteiger partial charge in [0.1, 0.15) is 0 Å². The second-order valence-corrected chi connectivity index (χ2v) is 11.1. The van der Waals surface area contributed by atoms with Gasteiger partial charge in [-0.05, 0) is 49.9 Å². The Bertz CT molecular complexity index is 1090. The van der Waals surface area contributed by atoms with Gasteiger partial charge in [-0.2, -0.15) is 17.5 Å². The number of carbonyl (C=O) groups is 3. The van der Waals surface area contributed by atoms with Crippen LogP contribution in [0.4, 0.5) is 13.2 Å². The van der Waals surface area contributed by atoms with Crippen molar-refractivity contribution < 1.29 is 41.1 Å². The Morgan fingerprint density at radius 3 is 2.24 bits per heavy atom. The number of carboxylic acids is 1. The first-order valence-corrected chi connectivity index (χ1v) is 13.8. The number of alkyl halides is 3. The molecule has 2 aliphatic rings. The number of hydrogen-bond donors (Lipinski definition) is 2. The number of aryl methyl sites for hydroxylation is 2. The van der Waals surface area contributed by atoms with E-state index in [1.165, 1.54) is 4.31 Å². The van der Waals surface area contributed by atoms with Gasteiger partial charge in [0, 0.05) is 65.2 Å². The quantitative estimate of drug-likeness (QED) is 0.468. The van der Waals surface area contributed by atoms with E-state index in [0.717, 1.165) is 37.2 Å². The molecule has 0 atom stereocenters. The molecule has 0 unspecified atom stereocenters. The number of carboxylic acid groups (broad SMARTS) is 1. The van der Waals surface area contributed by atoms with E-state index in [-0.39, 0.29) is 36.2 Å². The molecule has 1 aromatic rings. The normalized spacial score (nSPS) is 16.4. The summed E-state index contributed by atoms with van der Waals surface area (Å²) in [6.45, 7) is 8.39. The van der Waals surface area contributed by atoms with Gasteiger partial charge in [0.25, 0.3) is 0 Å². The van der Waals surface area contributed by atoms with Crippen LogP contribution in [0.5, 0.6) is 0 Å². The number of aliphatic carboxylic acids is 1. The smallest absolute Gasteiger partial charge is 0.475 e. The molecule has 0 spiro atoms. The summed E-state index contributed by atoms with van der Waals surface area (Å²) in [5, 5.41) is 10.3. The summed E-state index contributed by atoms with van der Waals surface area (Å²) in [7, 11) is -3.73. The molecule has 0 radical (unpaired) electrons. The molecule has 14 heteroatoms. The van der Waals surface area contributed by atoms with Crippen LogP contribution in [-0.4, -0.2) is 104 Å². The second-order valence-electron chi connectivity index (χ2n) is 9.17. The van der Waals surface area contributed by atoms with Gasteiger partial charge < -0.3 is 20.2 Å². The van der Waals surface area contributed by atoms with Gasteiger partial charge in [0.15, 0.2) is 0 Å². The first-order valence-electron chi connectivity index (χ1n) is 12.4. The molecule has 3 rings (SSSR count). The van der Waals surface area contributed by atoms with Crippen LogP contribution in [-0.2, 0) is 24.4 Å². The molecule has 2 fully saturated rings. The van der Waals surface area contributed by atoms with Gasteiger partial charge in [-0.15, -0.1) is 0 Å². The van der Waals surface area contributed by atoms with Crippen molar-refractivity contribution >= 4 is 27.8 Å². The molecular weight excluding hydrogens is 529 g/mol. The van der Waals surface area contributed by atoms with E-state index in [1.54, 1.807) is 21.9 Å². The predicted octanol–water partition coefficient (Wildman–Crippen LogP) is 1.76. The van der Waals surface area contributed by atoms with Crippen molar-refractivity contribution in [2.75, 3.05) is 52.4 Å². The van der Waals surface area contributed by atoms with E-state index in [2.05, 4.69) is 5.32 Å². The number of rotatable bonds is 9. The van der Waals surface area contributed by atoms with Crippen LogP contribution in [0, 0.1) is 13.8 Å². The topological polar surface area (TPSA) is 127 Å². The monoisotopic (exact) mass is 564 g/mol. The van der Waals surface area contributed by atoms with E-state index < -0.39 is 22.2 Å². The Morgan fingerprint density at radius 2 is 1.71 bits per heavy atom. The summed E-state index contributed by atoms with van der Waals surface area (Å²) in [5.74, 6) is -2.64. The molecule has 2 saturated heterocycles. The number of nitrogens with one attached hydrogen (secondary N) is 1. The van der Waals surface area contributed by atoms with Crippen LogP contribution in [0.3, 0.4) is 0 Å². The highest BCUT2D eigenvalue weighted by Crippen LogP contribution is 2.21. The second kappa shape index (κ2) is 13.9. The number of amides is 2. The third kappa shape index (κ3) is 9.24. The third-order valence-corrected chi connectivity index (χ3v) is 8.30. The molecule has 1 aromatic carbocycles. The highest BCUT2D eigenvalue weighted by atomic mass is 32.2. The van der Waals surface area contributed by atoms with E-state index in [9.17, 15) is 31.2 Å². The van der Waals surface area contributed by atoms with Crippen LogP contribution >= 0.6 is 0 Å². The molecule has 2 N–H and O–H groups in total. The van der Waals surface area contributed by atoms with Gasteiger partial charge in [-0.1, -0.05) is 6.07 Å². The summed E-state index contributed by atoms with van der Waals surface area (Å²) in [6, 6.07) is 5.14. The highest BCUT2D eigenvalue weighted by Gasteiger charge is 2.38. The number of nitrogens with zero attached hydrogens (tertiary/aromatic N) is 3. The zero-order valence-electron chi connectivity index (χ0n) is 21.6. The third-order valence-electron chi connectivity index (χ3n) is 6.41. The minimum absolute atomic E-state index is 0.0171. The zero-order valence-corrected chi connectivity index (χ0v) is 22.4. The maximum absolute atomic E-state index is 13.4. The number of hydrogen-bond acceptors (Lipinski definition) is 6. The fraction of sp³-hybridized carbons (Fsp3) is 0.625. The largest absolute Gasteiger partial charge is 0.490 e. The van der Waals surface area contributed by atoms with Crippen LogP contribution in [0.1, 0.15) is 36.8 Å². The first-order chi connectivity index (χ1) is 17.7. The molecule has 0 bridgehead atoms. The number of sulfonamides is 1. The van der Waals surface area contributed by atoms with E-state index in [1.807, 2.05) is 19.9 Å². The van der Waals surface area contributed by atoms with E-state index >= 15 is 0 Å². The lowest BCUT2D eigenvalue weighted by Gasteiger charge is -2.29.